The van der Waals surface area contributed by atoms with E-state index >= 15 is 0 Å². The van der Waals surface area contributed by atoms with Crippen molar-refractivity contribution in [1.82, 2.24) is 9.88 Å². The molecule has 1 aliphatic heterocycles. The second kappa shape index (κ2) is 9.58. The van der Waals surface area contributed by atoms with Crippen molar-refractivity contribution in [3.8, 4) is 17.0 Å². The molecule has 6 nitrogen and oxygen atoms in total. The van der Waals surface area contributed by atoms with Gasteiger partial charge in [0.05, 0.1) is 17.2 Å². The summed E-state index contributed by atoms with van der Waals surface area (Å²) in [5.41, 5.74) is 1.61. The maximum atomic E-state index is 12.7. The smallest absolute Gasteiger partial charge is 0.238 e. The van der Waals surface area contributed by atoms with Crippen molar-refractivity contribution >= 4 is 34.5 Å². The lowest BCUT2D eigenvalue weighted by atomic mass is 9.90. The van der Waals surface area contributed by atoms with Crippen LogP contribution in [0.4, 0.5) is 5.69 Å². The van der Waals surface area contributed by atoms with Crippen LogP contribution in [0.2, 0.25) is 5.02 Å². The zero-order valence-electron chi connectivity index (χ0n) is 18.0. The number of ether oxygens (including phenoxy) is 1. The zero-order chi connectivity index (χ0) is 22.7. The van der Waals surface area contributed by atoms with Gasteiger partial charge in [-0.15, -0.1) is 11.3 Å². The van der Waals surface area contributed by atoms with Crippen LogP contribution in [-0.2, 0) is 4.79 Å². The molecule has 2 heterocycles. The number of thiazole rings is 1. The Hall–Kier alpha value is -2.45. The number of likely N-dealkylation sites (tertiary alicyclic amines) is 1. The van der Waals surface area contributed by atoms with Crippen LogP contribution in [0.5, 0.6) is 5.75 Å². The minimum Gasteiger partial charge on any atom is -0.486 e. The van der Waals surface area contributed by atoms with E-state index in [4.69, 9.17) is 16.3 Å². The molecule has 168 valence electrons. The summed E-state index contributed by atoms with van der Waals surface area (Å²) in [7, 11) is 0. The van der Waals surface area contributed by atoms with Crippen molar-refractivity contribution in [3.63, 3.8) is 0 Å². The molecule has 0 bridgehead atoms. The van der Waals surface area contributed by atoms with Crippen LogP contribution in [0, 0.1) is 6.92 Å². The summed E-state index contributed by atoms with van der Waals surface area (Å²) in [6.07, 6.45) is 0.0308. The third-order valence-electron chi connectivity index (χ3n) is 5.55. The monoisotopic (exact) mass is 471 g/mol. The first-order valence-corrected chi connectivity index (χ1v) is 11.7. The number of aliphatic hydroxyl groups is 1. The standard InChI is InChI=1S/C24H26ClN3O3S/c1-16-26-21(15-32-16)17-5-3-7-19(11-17)27-23(29)14-28-10-9-24(2,30)22(13-28)31-20-8-4-6-18(25)12-20/h3-8,11-12,15,22,30H,9-10,13-14H2,1-2H3,(H,27,29)/t22-,24-/m0/s1. The van der Waals surface area contributed by atoms with Gasteiger partial charge in [-0.2, -0.15) is 0 Å². The van der Waals surface area contributed by atoms with Crippen LogP contribution in [0.3, 0.4) is 0 Å². The lowest BCUT2D eigenvalue weighted by Gasteiger charge is -2.42. The molecule has 2 atom stereocenters. The van der Waals surface area contributed by atoms with Gasteiger partial charge in [-0.1, -0.05) is 29.8 Å². The molecular formula is C24H26ClN3O3S. The molecule has 1 aromatic heterocycles. The number of rotatable bonds is 6. The Morgan fingerprint density at radius 1 is 1.34 bits per heavy atom. The Morgan fingerprint density at radius 3 is 2.91 bits per heavy atom. The van der Waals surface area contributed by atoms with E-state index in [-0.39, 0.29) is 12.5 Å². The highest BCUT2D eigenvalue weighted by Gasteiger charge is 2.39. The van der Waals surface area contributed by atoms with E-state index in [2.05, 4.69) is 10.3 Å². The first-order chi connectivity index (χ1) is 15.3. The van der Waals surface area contributed by atoms with E-state index < -0.39 is 11.7 Å². The number of amides is 1. The van der Waals surface area contributed by atoms with Crippen molar-refractivity contribution in [2.75, 3.05) is 25.0 Å². The number of piperidine rings is 1. The van der Waals surface area contributed by atoms with Crippen LogP contribution in [0.1, 0.15) is 18.4 Å². The number of hydrogen-bond donors (Lipinski definition) is 2. The second-order valence-electron chi connectivity index (χ2n) is 8.29. The van der Waals surface area contributed by atoms with Crippen molar-refractivity contribution in [3.05, 3.63) is 63.9 Å². The van der Waals surface area contributed by atoms with Gasteiger partial charge < -0.3 is 15.2 Å². The summed E-state index contributed by atoms with van der Waals surface area (Å²) in [6.45, 7) is 5.00. The highest BCUT2D eigenvalue weighted by molar-refractivity contribution is 7.09. The number of carbonyl (C=O) groups is 1. The molecule has 3 aromatic rings. The number of hydrogen-bond acceptors (Lipinski definition) is 6. The van der Waals surface area contributed by atoms with Gasteiger partial charge in [-0.05, 0) is 50.6 Å². The van der Waals surface area contributed by atoms with Gasteiger partial charge in [0.1, 0.15) is 17.5 Å². The molecule has 0 unspecified atom stereocenters. The van der Waals surface area contributed by atoms with Gasteiger partial charge in [-0.25, -0.2) is 4.98 Å². The molecule has 2 N–H and O–H groups in total. The highest BCUT2D eigenvalue weighted by atomic mass is 35.5. The molecule has 0 spiro atoms. The number of anilines is 1. The van der Waals surface area contributed by atoms with Crippen molar-refractivity contribution in [2.45, 2.75) is 32.0 Å². The molecule has 2 aromatic carbocycles. The molecule has 1 saturated heterocycles. The number of nitrogens with zero attached hydrogens (tertiary/aromatic N) is 2. The average Bonchev–Trinajstić information content (AvgIpc) is 3.17. The average molecular weight is 472 g/mol. The van der Waals surface area contributed by atoms with E-state index in [0.29, 0.717) is 30.3 Å². The number of aromatic nitrogens is 1. The number of halogens is 1. The third-order valence-corrected chi connectivity index (χ3v) is 6.56. The van der Waals surface area contributed by atoms with E-state index in [1.807, 2.05) is 53.6 Å². The van der Waals surface area contributed by atoms with E-state index in [0.717, 1.165) is 22.0 Å². The lowest BCUT2D eigenvalue weighted by molar-refractivity contribution is -0.122. The molecule has 1 amide bonds. The SMILES string of the molecule is Cc1nc(-c2cccc(NC(=O)CN3CC[C@](C)(O)[C@@H](Oc4cccc(Cl)c4)C3)c2)cs1. The molecule has 1 fully saturated rings. The van der Waals surface area contributed by atoms with E-state index in [9.17, 15) is 9.90 Å². The van der Waals surface area contributed by atoms with Crippen molar-refractivity contribution in [2.24, 2.45) is 0 Å². The van der Waals surface area contributed by atoms with Crippen molar-refractivity contribution in [1.29, 1.82) is 0 Å². The zero-order valence-corrected chi connectivity index (χ0v) is 19.6. The first kappa shape index (κ1) is 22.7. The number of nitrogens with one attached hydrogen (secondary N) is 1. The number of aryl methyl sites for hydroxylation is 1. The summed E-state index contributed by atoms with van der Waals surface area (Å²) in [5, 5.41) is 17.4. The van der Waals surface area contributed by atoms with Crippen LogP contribution < -0.4 is 10.1 Å². The number of benzene rings is 2. The molecule has 0 aliphatic carbocycles. The topological polar surface area (TPSA) is 74.7 Å². The highest BCUT2D eigenvalue weighted by Crippen LogP contribution is 2.28. The fraction of sp³-hybridized carbons (Fsp3) is 0.333. The Bertz CT molecular complexity index is 1100. The van der Waals surface area contributed by atoms with Crippen LogP contribution >= 0.6 is 22.9 Å². The molecule has 0 saturated carbocycles. The Balaban J connectivity index is 1.38. The van der Waals surface area contributed by atoms with Crippen LogP contribution in [0.25, 0.3) is 11.3 Å². The predicted molar refractivity (Wildman–Crippen MR) is 128 cm³/mol. The summed E-state index contributed by atoms with van der Waals surface area (Å²) in [6, 6.07) is 14.8. The van der Waals surface area contributed by atoms with Crippen LogP contribution in [0.15, 0.2) is 53.9 Å². The minimum absolute atomic E-state index is 0.111. The number of carbonyl (C=O) groups excluding carboxylic acids is 1. The van der Waals surface area contributed by atoms with Gasteiger partial charge in [0, 0.05) is 34.7 Å². The van der Waals surface area contributed by atoms with Gasteiger partial charge in [0.2, 0.25) is 5.91 Å². The largest absolute Gasteiger partial charge is 0.486 e. The minimum atomic E-state index is -0.991. The fourth-order valence-electron chi connectivity index (χ4n) is 3.74. The molecule has 1 aliphatic rings. The molecular weight excluding hydrogens is 446 g/mol. The maximum Gasteiger partial charge on any atom is 0.238 e. The quantitative estimate of drug-likeness (QED) is 0.549. The van der Waals surface area contributed by atoms with E-state index in [1.165, 1.54) is 0 Å². The normalized spacial score (nSPS) is 21.3. The summed E-state index contributed by atoms with van der Waals surface area (Å²) in [4.78, 5) is 19.2. The van der Waals surface area contributed by atoms with Gasteiger partial charge >= 0.3 is 0 Å². The molecule has 4 rings (SSSR count). The molecule has 0 radical (unpaired) electrons. The first-order valence-electron chi connectivity index (χ1n) is 10.5. The Labute approximate surface area is 196 Å². The van der Waals surface area contributed by atoms with Gasteiger partial charge in [-0.3, -0.25) is 9.69 Å². The van der Waals surface area contributed by atoms with E-state index in [1.54, 1.807) is 30.4 Å². The van der Waals surface area contributed by atoms with Crippen molar-refractivity contribution < 1.29 is 14.6 Å². The predicted octanol–water partition coefficient (Wildman–Crippen LogP) is 4.61. The summed E-state index contributed by atoms with van der Waals surface area (Å²) in [5.74, 6) is 0.489. The third kappa shape index (κ3) is 5.66. The molecule has 32 heavy (non-hydrogen) atoms. The van der Waals surface area contributed by atoms with Gasteiger partial charge in [0.15, 0.2) is 0 Å². The summed E-state index contributed by atoms with van der Waals surface area (Å²) >= 11 is 7.65. The Morgan fingerprint density at radius 2 is 2.16 bits per heavy atom. The second-order valence-corrected chi connectivity index (χ2v) is 9.79. The lowest BCUT2D eigenvalue weighted by Crippen LogP contribution is -2.57. The fourth-order valence-corrected chi connectivity index (χ4v) is 4.54. The van der Waals surface area contributed by atoms with Crippen LogP contribution in [-0.4, -0.2) is 52.2 Å². The van der Waals surface area contributed by atoms with Gasteiger partial charge in [0.25, 0.3) is 0 Å². The molecule has 8 heteroatoms. The summed E-state index contributed by atoms with van der Waals surface area (Å²) < 4.78 is 6.03. The maximum absolute atomic E-state index is 12.7. The Kier molecular flexibility index (Phi) is 6.81.